The molecule has 0 rings (SSSR count). The molecule has 1 unspecified atom stereocenters. The van der Waals surface area contributed by atoms with Crippen molar-refractivity contribution in [3.63, 3.8) is 0 Å². The van der Waals surface area contributed by atoms with Crippen LogP contribution in [0.4, 0.5) is 0 Å². The first kappa shape index (κ1) is 19.7. The van der Waals surface area contributed by atoms with Crippen LogP contribution in [0.15, 0.2) is 0 Å². The molecule has 0 heterocycles. The van der Waals surface area contributed by atoms with Crippen molar-refractivity contribution < 1.29 is 40.2 Å². The van der Waals surface area contributed by atoms with Crippen LogP contribution in [-0.4, -0.2) is 86.1 Å². The van der Waals surface area contributed by atoms with E-state index in [0.717, 1.165) is 0 Å². The first-order chi connectivity index (χ1) is 9.70. The van der Waals surface area contributed by atoms with Crippen LogP contribution < -0.4 is 11.1 Å². The normalized spacial score (nSPS) is 18.4. The minimum atomic E-state index is -1.78. The second-order valence-corrected chi connectivity index (χ2v) is 4.59. The average Bonchev–Trinajstić information content (AvgIpc) is 2.47. The molecular weight excluding hydrogens is 288 g/mol. The zero-order valence-corrected chi connectivity index (χ0v) is 11.3. The van der Waals surface area contributed by atoms with E-state index in [9.17, 15) is 24.9 Å². The highest BCUT2D eigenvalue weighted by molar-refractivity contribution is 5.78. The highest BCUT2D eigenvalue weighted by Gasteiger charge is 2.30. The van der Waals surface area contributed by atoms with Gasteiger partial charge in [-0.15, -0.1) is 0 Å². The fourth-order valence-corrected chi connectivity index (χ4v) is 1.40. The zero-order chi connectivity index (χ0) is 16.6. The summed E-state index contributed by atoms with van der Waals surface area (Å²) < 4.78 is 0. The molecule has 21 heavy (non-hydrogen) atoms. The SMILES string of the molecule is NC(CCC(=O)NC[C@H](O)[C@@H](O)[C@H](O)[C@H](O)CO)C(=O)O. The van der Waals surface area contributed by atoms with Crippen LogP contribution >= 0.6 is 0 Å². The van der Waals surface area contributed by atoms with Gasteiger partial charge < -0.3 is 41.7 Å². The van der Waals surface area contributed by atoms with Crippen LogP contribution in [0.25, 0.3) is 0 Å². The van der Waals surface area contributed by atoms with Crippen LogP contribution in [0.1, 0.15) is 12.8 Å². The third-order valence-corrected chi connectivity index (χ3v) is 2.83. The molecule has 0 bridgehead atoms. The van der Waals surface area contributed by atoms with Crippen molar-refractivity contribution >= 4 is 11.9 Å². The van der Waals surface area contributed by atoms with Gasteiger partial charge in [-0.1, -0.05) is 0 Å². The molecule has 0 saturated carbocycles. The number of hydrogen-bond donors (Lipinski definition) is 8. The van der Waals surface area contributed by atoms with Gasteiger partial charge in [-0.05, 0) is 6.42 Å². The second kappa shape index (κ2) is 9.60. The Balaban J connectivity index is 4.09. The van der Waals surface area contributed by atoms with Crippen LogP contribution in [-0.2, 0) is 9.59 Å². The van der Waals surface area contributed by atoms with E-state index < -0.39 is 55.5 Å². The summed E-state index contributed by atoms with van der Waals surface area (Å²) in [5, 5.41) is 56.7. The van der Waals surface area contributed by atoms with Gasteiger partial charge >= 0.3 is 5.97 Å². The minimum Gasteiger partial charge on any atom is -0.480 e. The Morgan fingerprint density at radius 1 is 1.05 bits per heavy atom. The van der Waals surface area contributed by atoms with E-state index >= 15 is 0 Å². The molecule has 1 amide bonds. The minimum absolute atomic E-state index is 0.0916. The molecule has 5 atom stereocenters. The van der Waals surface area contributed by atoms with Crippen LogP contribution in [0.2, 0.25) is 0 Å². The number of hydrogen-bond acceptors (Lipinski definition) is 8. The Morgan fingerprint density at radius 2 is 1.57 bits per heavy atom. The summed E-state index contributed by atoms with van der Waals surface area (Å²) in [4.78, 5) is 21.8. The van der Waals surface area contributed by atoms with Gasteiger partial charge in [0.25, 0.3) is 0 Å². The van der Waals surface area contributed by atoms with Crippen LogP contribution in [0, 0.1) is 0 Å². The molecule has 9 N–H and O–H groups in total. The highest BCUT2D eigenvalue weighted by atomic mass is 16.4. The van der Waals surface area contributed by atoms with Gasteiger partial charge in [0.15, 0.2) is 0 Å². The summed E-state index contributed by atoms with van der Waals surface area (Å²) in [6.07, 6.45) is -7.02. The summed E-state index contributed by atoms with van der Waals surface area (Å²) in [6, 6.07) is -1.17. The molecule has 0 spiro atoms. The molecule has 0 fully saturated rings. The van der Waals surface area contributed by atoms with Crippen molar-refractivity contribution in [1.82, 2.24) is 5.32 Å². The number of nitrogens with one attached hydrogen (secondary N) is 1. The Morgan fingerprint density at radius 3 is 2.05 bits per heavy atom. The van der Waals surface area contributed by atoms with Crippen molar-refractivity contribution in [2.75, 3.05) is 13.2 Å². The van der Waals surface area contributed by atoms with Gasteiger partial charge in [0.05, 0.1) is 12.7 Å². The molecule has 0 saturated heterocycles. The summed E-state index contributed by atoms with van der Waals surface area (Å²) in [6.45, 7) is -1.22. The lowest BCUT2D eigenvalue weighted by molar-refractivity contribution is -0.138. The van der Waals surface area contributed by atoms with Gasteiger partial charge in [-0.2, -0.15) is 0 Å². The maximum absolute atomic E-state index is 11.4. The van der Waals surface area contributed by atoms with E-state index in [1.54, 1.807) is 0 Å². The predicted octanol–water partition coefficient (Wildman–Crippen LogP) is -4.27. The second-order valence-electron chi connectivity index (χ2n) is 4.59. The standard InChI is InChI=1S/C11H22N2O8/c12-5(11(20)21)1-2-8(17)13-3-6(15)9(18)10(19)7(16)4-14/h5-7,9-10,14-16,18-19H,1-4,12H2,(H,13,17)(H,20,21)/t5?,6-,7+,9+,10+/m0/s1. The number of aliphatic carboxylic acids is 1. The van der Waals surface area contributed by atoms with Gasteiger partial charge in [0.1, 0.15) is 24.4 Å². The third kappa shape index (κ3) is 7.32. The van der Waals surface area contributed by atoms with Crippen molar-refractivity contribution in [2.24, 2.45) is 5.73 Å². The number of carbonyl (C=O) groups excluding carboxylic acids is 1. The fraction of sp³-hybridized carbons (Fsp3) is 0.818. The summed E-state index contributed by atoms with van der Waals surface area (Å²) in [5.41, 5.74) is 5.20. The average molecular weight is 310 g/mol. The number of aliphatic hydroxyl groups excluding tert-OH is 5. The molecule has 0 aromatic rings. The largest absolute Gasteiger partial charge is 0.480 e. The molecule has 10 heteroatoms. The smallest absolute Gasteiger partial charge is 0.320 e. The van der Waals surface area contributed by atoms with Crippen molar-refractivity contribution in [2.45, 2.75) is 43.3 Å². The van der Waals surface area contributed by atoms with E-state index in [-0.39, 0.29) is 12.8 Å². The van der Waals surface area contributed by atoms with Crippen molar-refractivity contribution in [1.29, 1.82) is 0 Å². The molecule has 0 aliphatic carbocycles. The Labute approximate surface area is 120 Å². The number of nitrogens with two attached hydrogens (primary N) is 1. The Kier molecular flexibility index (Phi) is 9.01. The zero-order valence-electron chi connectivity index (χ0n) is 11.3. The summed E-state index contributed by atoms with van der Waals surface area (Å²) in [5.74, 6) is -1.82. The number of amides is 1. The number of carboxylic acid groups (broad SMARTS) is 1. The first-order valence-electron chi connectivity index (χ1n) is 6.28. The lowest BCUT2D eigenvalue weighted by Crippen LogP contribution is -2.49. The molecule has 0 radical (unpaired) electrons. The van der Waals surface area contributed by atoms with Crippen molar-refractivity contribution in [3.05, 3.63) is 0 Å². The first-order valence-corrected chi connectivity index (χ1v) is 6.28. The quantitative estimate of drug-likeness (QED) is 0.197. The van der Waals surface area contributed by atoms with Gasteiger partial charge in [-0.25, -0.2) is 0 Å². The molecule has 0 aliphatic heterocycles. The topological polar surface area (TPSA) is 194 Å². The molecular formula is C11H22N2O8. The van der Waals surface area contributed by atoms with Gasteiger partial charge in [0.2, 0.25) is 5.91 Å². The third-order valence-electron chi connectivity index (χ3n) is 2.83. The van der Waals surface area contributed by atoms with Gasteiger partial charge in [-0.3, -0.25) is 9.59 Å². The lowest BCUT2D eigenvalue weighted by atomic mass is 10.0. The summed E-state index contributed by atoms with van der Waals surface area (Å²) >= 11 is 0. The number of rotatable bonds is 10. The monoisotopic (exact) mass is 310 g/mol. The molecule has 0 aromatic carbocycles. The Hall–Kier alpha value is -1.30. The van der Waals surface area contributed by atoms with Crippen LogP contribution in [0.3, 0.4) is 0 Å². The fourth-order valence-electron chi connectivity index (χ4n) is 1.40. The maximum atomic E-state index is 11.4. The van der Waals surface area contributed by atoms with E-state index in [0.29, 0.717) is 0 Å². The maximum Gasteiger partial charge on any atom is 0.320 e. The highest BCUT2D eigenvalue weighted by Crippen LogP contribution is 2.04. The lowest BCUT2D eigenvalue weighted by Gasteiger charge is -2.25. The Bertz CT molecular complexity index is 340. The van der Waals surface area contributed by atoms with Crippen LogP contribution in [0.5, 0.6) is 0 Å². The van der Waals surface area contributed by atoms with Crippen molar-refractivity contribution in [3.8, 4) is 0 Å². The summed E-state index contributed by atoms with van der Waals surface area (Å²) in [7, 11) is 0. The number of carboxylic acids is 1. The van der Waals surface area contributed by atoms with E-state index in [1.807, 2.05) is 0 Å². The molecule has 10 nitrogen and oxygen atoms in total. The predicted molar refractivity (Wildman–Crippen MR) is 69.0 cm³/mol. The molecule has 0 aliphatic rings. The van der Waals surface area contributed by atoms with E-state index in [1.165, 1.54) is 0 Å². The van der Waals surface area contributed by atoms with Gasteiger partial charge in [0, 0.05) is 13.0 Å². The van der Waals surface area contributed by atoms with E-state index in [2.05, 4.69) is 5.32 Å². The number of carbonyl (C=O) groups is 2. The van der Waals surface area contributed by atoms with E-state index in [4.69, 9.17) is 21.1 Å². The number of aliphatic hydroxyl groups is 5. The molecule has 124 valence electrons. The molecule has 0 aromatic heterocycles.